The molecule has 0 aromatic heterocycles. The number of quaternary nitrogens is 1. The molecule has 0 bridgehead atoms. The molecule has 0 aliphatic heterocycles. The van der Waals surface area contributed by atoms with Crippen molar-refractivity contribution in [3.8, 4) is 0 Å². The van der Waals surface area contributed by atoms with Gasteiger partial charge in [0, 0.05) is 20.0 Å². The maximum absolute atomic E-state index is 5.10. The van der Waals surface area contributed by atoms with Crippen LogP contribution in [-0.2, 0) is 4.74 Å². The molecule has 0 amide bonds. The van der Waals surface area contributed by atoms with Crippen molar-refractivity contribution >= 4 is 0 Å². The minimum atomic E-state index is 0.465. The average molecular weight is 172 g/mol. The van der Waals surface area contributed by atoms with E-state index in [-0.39, 0.29) is 0 Å². The minimum absolute atomic E-state index is 0.465. The maximum Gasteiger partial charge on any atom is 0.180 e. The van der Waals surface area contributed by atoms with Gasteiger partial charge in [0.25, 0.3) is 0 Å². The molecule has 72 valence electrons. The second kappa shape index (κ2) is 4.83. The first-order valence-electron chi connectivity index (χ1n) is 5.10. The predicted octanol–water partition coefficient (Wildman–Crippen LogP) is 1.27. The summed E-state index contributed by atoms with van der Waals surface area (Å²) in [4.78, 5) is 0. The van der Waals surface area contributed by atoms with Gasteiger partial charge in [-0.1, -0.05) is 12.8 Å². The Bertz CT molecular complexity index is 117. The number of hydrogen-bond acceptors (Lipinski definition) is 1. The lowest BCUT2D eigenvalue weighted by Crippen LogP contribution is -2.96. The van der Waals surface area contributed by atoms with Crippen LogP contribution < -0.4 is 5.32 Å². The summed E-state index contributed by atoms with van der Waals surface area (Å²) in [6, 6.07) is 0. The first-order chi connectivity index (χ1) is 5.77. The number of nitrogens with two attached hydrogens (primary N) is 1. The van der Waals surface area contributed by atoms with Crippen LogP contribution in [0.25, 0.3) is 0 Å². The van der Waals surface area contributed by atoms with E-state index in [0.29, 0.717) is 5.54 Å². The summed E-state index contributed by atoms with van der Waals surface area (Å²) in [7, 11) is 1.77. The van der Waals surface area contributed by atoms with E-state index in [1.807, 2.05) is 0 Å². The summed E-state index contributed by atoms with van der Waals surface area (Å²) < 4.78 is 5.10. The predicted molar refractivity (Wildman–Crippen MR) is 49.9 cm³/mol. The fourth-order valence-electron chi connectivity index (χ4n) is 2.02. The zero-order valence-corrected chi connectivity index (χ0v) is 8.44. The average Bonchev–Trinajstić information content (AvgIpc) is 2.27. The van der Waals surface area contributed by atoms with E-state index in [0.717, 1.165) is 6.73 Å². The molecule has 1 aliphatic rings. The first kappa shape index (κ1) is 10.0. The molecule has 2 heteroatoms. The van der Waals surface area contributed by atoms with E-state index >= 15 is 0 Å². The molecule has 1 rings (SSSR count). The number of methoxy groups -OCH3 is 1. The molecule has 12 heavy (non-hydrogen) atoms. The highest BCUT2D eigenvalue weighted by Crippen LogP contribution is 2.22. The van der Waals surface area contributed by atoms with Gasteiger partial charge in [0.2, 0.25) is 0 Å². The Morgan fingerprint density at radius 3 is 2.25 bits per heavy atom. The lowest BCUT2D eigenvalue weighted by atomic mass is 9.93. The summed E-state index contributed by atoms with van der Waals surface area (Å²) in [5, 5.41) is 2.36. The van der Waals surface area contributed by atoms with Crippen molar-refractivity contribution in [2.75, 3.05) is 13.8 Å². The van der Waals surface area contributed by atoms with Gasteiger partial charge in [-0.3, -0.25) is 0 Å². The Morgan fingerprint density at radius 2 is 1.75 bits per heavy atom. The SMILES string of the molecule is COC[NH2+]C1(C)CCCCCC1. The van der Waals surface area contributed by atoms with E-state index in [4.69, 9.17) is 4.74 Å². The molecular weight excluding hydrogens is 150 g/mol. The van der Waals surface area contributed by atoms with E-state index in [1.165, 1.54) is 38.5 Å². The normalized spacial score (nSPS) is 23.5. The zero-order valence-electron chi connectivity index (χ0n) is 8.44. The molecule has 0 atom stereocenters. The van der Waals surface area contributed by atoms with Crippen LogP contribution in [-0.4, -0.2) is 19.4 Å². The van der Waals surface area contributed by atoms with Crippen molar-refractivity contribution in [1.82, 2.24) is 0 Å². The van der Waals surface area contributed by atoms with Crippen LogP contribution in [0.2, 0.25) is 0 Å². The molecule has 2 N–H and O–H groups in total. The largest absolute Gasteiger partial charge is 0.335 e. The Morgan fingerprint density at radius 1 is 1.17 bits per heavy atom. The fraction of sp³-hybridized carbons (Fsp3) is 1.00. The van der Waals surface area contributed by atoms with Crippen LogP contribution in [0, 0.1) is 0 Å². The summed E-state index contributed by atoms with van der Waals surface area (Å²) in [6.07, 6.45) is 8.37. The molecule has 0 radical (unpaired) electrons. The molecule has 0 aromatic carbocycles. The second-order valence-electron chi connectivity index (χ2n) is 4.23. The van der Waals surface area contributed by atoms with Gasteiger partial charge in [0.15, 0.2) is 6.73 Å². The molecule has 0 spiro atoms. The lowest BCUT2D eigenvalue weighted by Gasteiger charge is -2.25. The maximum atomic E-state index is 5.10. The van der Waals surface area contributed by atoms with E-state index in [1.54, 1.807) is 7.11 Å². The van der Waals surface area contributed by atoms with Gasteiger partial charge < -0.3 is 10.1 Å². The molecule has 1 aliphatic carbocycles. The van der Waals surface area contributed by atoms with Gasteiger partial charge in [-0.25, -0.2) is 0 Å². The quantitative estimate of drug-likeness (QED) is 0.503. The molecule has 0 heterocycles. The van der Waals surface area contributed by atoms with Crippen LogP contribution in [0.3, 0.4) is 0 Å². The van der Waals surface area contributed by atoms with Crippen LogP contribution in [0.5, 0.6) is 0 Å². The zero-order chi connectivity index (χ0) is 8.86. The molecule has 2 nitrogen and oxygen atoms in total. The minimum Gasteiger partial charge on any atom is -0.335 e. The summed E-state index contributed by atoms with van der Waals surface area (Å²) in [5.41, 5.74) is 0.465. The van der Waals surface area contributed by atoms with Gasteiger partial charge in [0.05, 0.1) is 5.54 Å². The van der Waals surface area contributed by atoms with Crippen LogP contribution in [0.4, 0.5) is 0 Å². The fourth-order valence-corrected chi connectivity index (χ4v) is 2.02. The number of hydrogen-bond donors (Lipinski definition) is 1. The molecule has 1 saturated carbocycles. The Hall–Kier alpha value is -0.0800. The smallest absolute Gasteiger partial charge is 0.180 e. The van der Waals surface area contributed by atoms with E-state index in [2.05, 4.69) is 12.2 Å². The molecule has 0 saturated heterocycles. The van der Waals surface area contributed by atoms with Crippen LogP contribution in [0.1, 0.15) is 45.4 Å². The van der Waals surface area contributed by atoms with Crippen LogP contribution >= 0.6 is 0 Å². The molecule has 0 aromatic rings. The van der Waals surface area contributed by atoms with Crippen molar-refractivity contribution in [3.63, 3.8) is 0 Å². The summed E-state index contributed by atoms with van der Waals surface area (Å²) in [6.45, 7) is 3.19. The Labute approximate surface area is 75.7 Å². The number of ether oxygens (including phenoxy) is 1. The monoisotopic (exact) mass is 172 g/mol. The second-order valence-corrected chi connectivity index (χ2v) is 4.23. The lowest BCUT2D eigenvalue weighted by molar-refractivity contribution is -0.750. The summed E-state index contributed by atoms with van der Waals surface area (Å²) in [5.74, 6) is 0. The van der Waals surface area contributed by atoms with Crippen molar-refractivity contribution in [1.29, 1.82) is 0 Å². The molecule has 0 unspecified atom stereocenters. The number of rotatable bonds is 3. The molecule has 1 fully saturated rings. The van der Waals surface area contributed by atoms with Gasteiger partial charge in [0.1, 0.15) is 0 Å². The van der Waals surface area contributed by atoms with Gasteiger partial charge in [-0.15, -0.1) is 0 Å². The highest BCUT2D eigenvalue weighted by atomic mass is 16.5. The third kappa shape index (κ3) is 3.11. The van der Waals surface area contributed by atoms with Crippen molar-refractivity contribution in [2.45, 2.75) is 51.0 Å². The van der Waals surface area contributed by atoms with Crippen LogP contribution in [0.15, 0.2) is 0 Å². The molecular formula is C10H22NO+. The third-order valence-corrected chi connectivity index (χ3v) is 2.99. The van der Waals surface area contributed by atoms with Gasteiger partial charge >= 0.3 is 0 Å². The van der Waals surface area contributed by atoms with Crippen molar-refractivity contribution in [2.24, 2.45) is 0 Å². The summed E-state index contributed by atoms with van der Waals surface area (Å²) >= 11 is 0. The first-order valence-corrected chi connectivity index (χ1v) is 5.10. The van der Waals surface area contributed by atoms with Crippen molar-refractivity contribution in [3.05, 3.63) is 0 Å². The van der Waals surface area contributed by atoms with Gasteiger partial charge in [-0.2, -0.15) is 0 Å². The third-order valence-electron chi connectivity index (χ3n) is 2.99. The van der Waals surface area contributed by atoms with E-state index < -0.39 is 0 Å². The Kier molecular flexibility index (Phi) is 4.02. The topological polar surface area (TPSA) is 25.8 Å². The van der Waals surface area contributed by atoms with E-state index in [9.17, 15) is 0 Å². The highest BCUT2D eigenvalue weighted by Gasteiger charge is 2.28. The van der Waals surface area contributed by atoms with Gasteiger partial charge in [-0.05, 0) is 19.8 Å². The Balaban J connectivity index is 2.32. The standard InChI is InChI=1S/C10H21NO/c1-10(11-9-12-2)7-5-3-4-6-8-10/h11H,3-9H2,1-2H3/p+1. The van der Waals surface area contributed by atoms with Crippen molar-refractivity contribution < 1.29 is 10.1 Å². The highest BCUT2D eigenvalue weighted by molar-refractivity contribution is 4.74.